The Kier molecular flexibility index (Phi) is 10.0. The summed E-state index contributed by atoms with van der Waals surface area (Å²) < 4.78 is 5.10. The van der Waals surface area contributed by atoms with E-state index in [1.807, 2.05) is 12.1 Å². The molecular weight excluding hydrogens is 513 g/mol. The van der Waals surface area contributed by atoms with Gasteiger partial charge in [-0.15, -0.1) is 36.2 Å². The van der Waals surface area contributed by atoms with E-state index in [-0.39, 0.29) is 30.2 Å². The molecule has 4 aromatic rings. The lowest BCUT2D eigenvalue weighted by Crippen LogP contribution is -2.15. The number of halogens is 2. The topological polar surface area (TPSA) is 78.1 Å². The lowest BCUT2D eigenvalue weighted by molar-refractivity contribution is 0.0520. The van der Waals surface area contributed by atoms with E-state index < -0.39 is 5.97 Å². The second-order valence-electron chi connectivity index (χ2n) is 9.71. The first-order valence-corrected chi connectivity index (χ1v) is 12.4. The number of pyridine rings is 1. The third-order valence-electron chi connectivity index (χ3n) is 5.65. The summed E-state index contributed by atoms with van der Waals surface area (Å²) in [4.78, 5) is 21.7. The third kappa shape index (κ3) is 6.43. The number of aryl methyl sites for hydroxylation is 1. The van der Waals surface area contributed by atoms with Gasteiger partial charge >= 0.3 is 5.97 Å². The van der Waals surface area contributed by atoms with Gasteiger partial charge in [-0.25, -0.2) is 9.78 Å². The Morgan fingerprint density at radius 1 is 1.03 bits per heavy atom. The average Bonchev–Trinajstić information content (AvgIpc) is 3.28. The number of nitrogens with zero attached hydrogens (tertiary/aromatic N) is 2. The van der Waals surface area contributed by atoms with E-state index in [0.717, 1.165) is 50.3 Å². The van der Waals surface area contributed by atoms with Gasteiger partial charge in [-0.05, 0) is 60.6 Å². The van der Waals surface area contributed by atoms with E-state index in [0.29, 0.717) is 18.8 Å². The first kappa shape index (κ1) is 29.7. The Balaban J connectivity index is 0.00000228. The molecular formula is C28H33Cl2N3O2S. The predicted molar refractivity (Wildman–Crippen MR) is 155 cm³/mol. The minimum Gasteiger partial charge on any atom is -0.461 e. The predicted octanol–water partition coefficient (Wildman–Crippen LogP) is 7.40. The summed E-state index contributed by atoms with van der Waals surface area (Å²) in [6.07, 6.45) is 0.839. The summed E-state index contributed by atoms with van der Waals surface area (Å²) in [7, 11) is 0. The van der Waals surface area contributed by atoms with Crippen LogP contribution in [0, 0.1) is 12.3 Å². The van der Waals surface area contributed by atoms with Gasteiger partial charge in [-0.2, -0.15) is 0 Å². The van der Waals surface area contributed by atoms with Crippen molar-refractivity contribution in [2.24, 2.45) is 11.1 Å². The maximum atomic E-state index is 12.1. The summed E-state index contributed by atoms with van der Waals surface area (Å²) in [6.45, 7) is 11.3. The van der Waals surface area contributed by atoms with Crippen LogP contribution in [0.15, 0.2) is 47.8 Å². The monoisotopic (exact) mass is 545 g/mol. The number of esters is 1. The Labute approximate surface area is 229 Å². The molecule has 2 aromatic heterocycles. The van der Waals surface area contributed by atoms with Crippen molar-refractivity contribution in [1.29, 1.82) is 0 Å². The van der Waals surface area contributed by atoms with Crippen molar-refractivity contribution in [1.82, 2.24) is 9.97 Å². The van der Waals surface area contributed by atoms with E-state index in [1.54, 1.807) is 12.3 Å². The van der Waals surface area contributed by atoms with Crippen LogP contribution in [0.1, 0.15) is 55.0 Å². The summed E-state index contributed by atoms with van der Waals surface area (Å²) >= 11 is 1.43. The summed E-state index contributed by atoms with van der Waals surface area (Å²) in [6, 6.07) is 14.7. The summed E-state index contributed by atoms with van der Waals surface area (Å²) in [5, 5.41) is 3.55. The fourth-order valence-electron chi connectivity index (χ4n) is 4.11. The summed E-state index contributed by atoms with van der Waals surface area (Å²) in [5.41, 5.74) is 14.2. The largest absolute Gasteiger partial charge is 0.461 e. The van der Waals surface area contributed by atoms with Gasteiger partial charge in [0.25, 0.3) is 0 Å². The van der Waals surface area contributed by atoms with E-state index >= 15 is 0 Å². The number of hydrogen-bond acceptors (Lipinski definition) is 6. The molecule has 0 amide bonds. The molecule has 0 spiro atoms. The second kappa shape index (κ2) is 12.2. The fraction of sp³-hybridized carbons (Fsp3) is 0.321. The molecule has 2 aromatic carbocycles. The highest BCUT2D eigenvalue weighted by atomic mass is 35.5. The molecule has 0 bridgehead atoms. The van der Waals surface area contributed by atoms with Gasteiger partial charge in [0.05, 0.1) is 12.1 Å². The SMILES string of the molecule is CCOC(=O)c1csc(-c2ccc3nc(CC(C)(C)C)c(CN)c(-c4ccc(C)cc4)c3c2)n1.Cl.Cl. The molecule has 4 rings (SSSR count). The first-order chi connectivity index (χ1) is 16.2. The number of fused-ring (bicyclic) bond motifs is 1. The Bertz CT molecular complexity index is 1350. The number of thiazole rings is 1. The van der Waals surface area contributed by atoms with Crippen molar-refractivity contribution in [3.05, 3.63) is 70.4 Å². The zero-order valence-electron chi connectivity index (χ0n) is 21.3. The van der Waals surface area contributed by atoms with Gasteiger partial charge < -0.3 is 10.5 Å². The van der Waals surface area contributed by atoms with Crippen LogP contribution in [0.3, 0.4) is 0 Å². The number of carbonyl (C=O) groups is 1. The second-order valence-corrected chi connectivity index (χ2v) is 10.6. The van der Waals surface area contributed by atoms with Gasteiger partial charge in [-0.3, -0.25) is 4.98 Å². The van der Waals surface area contributed by atoms with Crippen molar-refractivity contribution in [2.75, 3.05) is 6.61 Å². The molecule has 0 atom stereocenters. The van der Waals surface area contributed by atoms with Gasteiger partial charge in [0.1, 0.15) is 5.01 Å². The Hall–Kier alpha value is -2.51. The van der Waals surface area contributed by atoms with Gasteiger partial charge in [0, 0.05) is 28.6 Å². The number of aromatic nitrogens is 2. The molecule has 0 unspecified atom stereocenters. The molecule has 8 heteroatoms. The van der Waals surface area contributed by atoms with Crippen LogP contribution in [0.25, 0.3) is 32.6 Å². The van der Waals surface area contributed by atoms with Crippen LogP contribution >= 0.6 is 36.2 Å². The molecule has 5 nitrogen and oxygen atoms in total. The van der Waals surface area contributed by atoms with Crippen LogP contribution in [-0.4, -0.2) is 22.5 Å². The van der Waals surface area contributed by atoms with Crippen molar-refractivity contribution in [3.63, 3.8) is 0 Å². The van der Waals surface area contributed by atoms with Crippen LogP contribution in [0.4, 0.5) is 0 Å². The highest BCUT2D eigenvalue weighted by Gasteiger charge is 2.21. The van der Waals surface area contributed by atoms with E-state index in [9.17, 15) is 4.79 Å². The van der Waals surface area contributed by atoms with Crippen LogP contribution in [0.2, 0.25) is 0 Å². The van der Waals surface area contributed by atoms with Crippen molar-refractivity contribution in [3.8, 4) is 21.7 Å². The zero-order chi connectivity index (χ0) is 24.5. The molecule has 0 saturated carbocycles. The normalized spacial score (nSPS) is 11.1. The maximum absolute atomic E-state index is 12.1. The van der Waals surface area contributed by atoms with E-state index in [1.165, 1.54) is 16.9 Å². The minimum atomic E-state index is -0.398. The highest BCUT2D eigenvalue weighted by Crippen LogP contribution is 2.37. The number of rotatable bonds is 6. The first-order valence-electron chi connectivity index (χ1n) is 11.6. The highest BCUT2D eigenvalue weighted by molar-refractivity contribution is 7.13. The smallest absolute Gasteiger partial charge is 0.357 e. The molecule has 36 heavy (non-hydrogen) atoms. The fourth-order valence-corrected chi connectivity index (χ4v) is 4.90. The lowest BCUT2D eigenvalue weighted by Gasteiger charge is -2.23. The van der Waals surface area contributed by atoms with Crippen molar-refractivity contribution >= 4 is 53.0 Å². The van der Waals surface area contributed by atoms with E-state index in [2.05, 4.69) is 63.0 Å². The number of carbonyl (C=O) groups excluding carboxylic acids is 1. The van der Waals surface area contributed by atoms with Gasteiger partial charge in [-0.1, -0.05) is 50.6 Å². The lowest BCUT2D eigenvalue weighted by atomic mass is 9.85. The molecule has 0 aliphatic rings. The molecule has 0 radical (unpaired) electrons. The molecule has 0 aliphatic heterocycles. The van der Waals surface area contributed by atoms with E-state index in [4.69, 9.17) is 15.5 Å². The minimum absolute atomic E-state index is 0. The van der Waals surface area contributed by atoms with Crippen molar-refractivity contribution < 1.29 is 9.53 Å². The number of nitrogens with two attached hydrogens (primary N) is 1. The maximum Gasteiger partial charge on any atom is 0.357 e. The Morgan fingerprint density at radius 3 is 2.31 bits per heavy atom. The average molecular weight is 547 g/mol. The van der Waals surface area contributed by atoms with Crippen molar-refractivity contribution in [2.45, 2.75) is 47.6 Å². The quantitative estimate of drug-likeness (QED) is 0.255. The summed E-state index contributed by atoms with van der Waals surface area (Å²) in [5.74, 6) is -0.398. The third-order valence-corrected chi connectivity index (χ3v) is 6.54. The molecule has 0 fully saturated rings. The van der Waals surface area contributed by atoms with Crippen LogP contribution < -0.4 is 5.73 Å². The van der Waals surface area contributed by atoms with Crippen LogP contribution in [-0.2, 0) is 17.7 Å². The standard InChI is InChI=1S/C28H31N3O2S.2ClH/c1-6-33-27(32)24-16-34-26(31-24)19-11-12-22-20(13-19)25(18-9-7-17(2)8-10-18)21(15-29)23(30-22)14-28(3,4)5;;/h7-13,16H,6,14-15,29H2,1-5H3;2*1H. The molecule has 2 N–H and O–H groups in total. The van der Waals surface area contributed by atoms with Gasteiger partial charge in [0.2, 0.25) is 0 Å². The zero-order valence-corrected chi connectivity index (χ0v) is 23.7. The molecule has 0 saturated heterocycles. The number of hydrogen-bond donors (Lipinski definition) is 1. The number of benzene rings is 2. The van der Waals surface area contributed by atoms with Gasteiger partial charge in [0.15, 0.2) is 5.69 Å². The molecule has 192 valence electrons. The number of ether oxygens (including phenoxy) is 1. The van der Waals surface area contributed by atoms with Crippen LogP contribution in [0.5, 0.6) is 0 Å². The molecule has 0 aliphatic carbocycles. The Morgan fingerprint density at radius 2 is 1.69 bits per heavy atom. The molecule has 2 heterocycles.